The fourth-order valence-corrected chi connectivity index (χ4v) is 6.29. The molecular formula is C44H85NO7. The summed E-state index contributed by atoms with van der Waals surface area (Å²) in [6.45, 7) is 2.48. The smallest absolute Gasteiger partial charge is 0.305 e. The van der Waals surface area contributed by atoms with Gasteiger partial charge in [-0.3, -0.25) is 4.79 Å². The third kappa shape index (κ3) is 39.7. The van der Waals surface area contributed by atoms with E-state index < -0.39 is 18.4 Å². The topological polar surface area (TPSA) is 105 Å². The molecule has 0 aromatic heterocycles. The molecule has 0 radical (unpaired) electrons. The highest BCUT2D eigenvalue weighted by atomic mass is 16.7. The molecule has 308 valence electrons. The van der Waals surface area contributed by atoms with Crippen molar-refractivity contribution in [2.24, 2.45) is 0 Å². The Labute approximate surface area is 321 Å². The number of ether oxygens (including phenoxy) is 3. The largest absolute Gasteiger partial charge is 0.545 e. The second-order valence-corrected chi connectivity index (χ2v) is 16.2. The molecule has 0 aliphatic heterocycles. The Morgan fingerprint density at radius 1 is 0.577 bits per heavy atom. The highest BCUT2D eigenvalue weighted by Gasteiger charge is 2.17. The number of likely N-dealkylation sites (N-methyl/N-ethyl adjacent to an activating group) is 1. The first kappa shape index (κ1) is 50.5. The van der Waals surface area contributed by atoms with E-state index in [0.717, 1.165) is 19.3 Å². The second-order valence-electron chi connectivity index (χ2n) is 16.2. The molecule has 2 unspecified atom stereocenters. The minimum absolute atomic E-state index is 0.173. The molecule has 2 atom stereocenters. The van der Waals surface area contributed by atoms with Gasteiger partial charge in [-0.2, -0.15) is 0 Å². The van der Waals surface area contributed by atoms with Gasteiger partial charge in [0.1, 0.15) is 19.3 Å². The van der Waals surface area contributed by atoms with Crippen molar-refractivity contribution in [3.05, 3.63) is 12.2 Å². The fraction of sp³-hybridized carbons (Fsp3) is 0.909. The quantitative estimate of drug-likeness (QED) is 0.0219. The molecule has 0 aromatic rings. The van der Waals surface area contributed by atoms with E-state index in [1.54, 1.807) is 0 Å². The molecule has 8 heteroatoms. The lowest BCUT2D eigenvalue weighted by atomic mass is 10.0. The summed E-state index contributed by atoms with van der Waals surface area (Å²) in [6, 6.07) is 0. The molecule has 1 N–H and O–H groups in total. The van der Waals surface area contributed by atoms with Crippen molar-refractivity contribution in [2.75, 3.05) is 47.5 Å². The van der Waals surface area contributed by atoms with E-state index in [-0.39, 0.29) is 25.8 Å². The number of carboxylic acid groups (broad SMARTS) is 1. The standard InChI is InChI=1S/C44H85NO7/c1-5-6-7-8-9-10-11-12-13-14-15-16-17-18-19-20-21-22-23-24-25-26-27-28-29-30-31-32-33-34-35-36-42(47)51-39-41(46)40-52-44(43(48)49)50-38-37-45(2,3)4/h14-15,41,44,46H,5-13,16-40H2,1-4H3/b15-14-. The van der Waals surface area contributed by atoms with Gasteiger partial charge in [-0.1, -0.05) is 173 Å². The van der Waals surface area contributed by atoms with Gasteiger partial charge in [-0.15, -0.1) is 0 Å². The van der Waals surface area contributed by atoms with Crippen LogP contribution in [0.4, 0.5) is 0 Å². The van der Waals surface area contributed by atoms with Crippen LogP contribution in [0, 0.1) is 0 Å². The third-order valence-electron chi connectivity index (χ3n) is 9.74. The molecule has 0 amide bonds. The van der Waals surface area contributed by atoms with E-state index in [4.69, 9.17) is 14.2 Å². The van der Waals surface area contributed by atoms with Crippen molar-refractivity contribution in [3.8, 4) is 0 Å². The van der Waals surface area contributed by atoms with Gasteiger partial charge in [-0.05, 0) is 32.1 Å². The van der Waals surface area contributed by atoms with Crippen LogP contribution in [0.2, 0.25) is 0 Å². The number of allylic oxidation sites excluding steroid dienone is 2. The summed E-state index contributed by atoms with van der Waals surface area (Å²) in [4.78, 5) is 23.2. The molecule has 8 nitrogen and oxygen atoms in total. The maximum absolute atomic E-state index is 12.0. The number of aliphatic carboxylic acids is 1. The lowest BCUT2D eigenvalue weighted by Gasteiger charge is -2.26. The zero-order valence-electron chi connectivity index (χ0n) is 34.7. The Kier molecular flexibility index (Phi) is 36.7. The number of unbranched alkanes of at least 4 members (excludes halogenated alkanes) is 27. The van der Waals surface area contributed by atoms with Gasteiger partial charge < -0.3 is 33.7 Å². The van der Waals surface area contributed by atoms with E-state index in [9.17, 15) is 19.8 Å². The van der Waals surface area contributed by atoms with Crippen molar-refractivity contribution >= 4 is 11.9 Å². The Hall–Kier alpha value is -1.48. The van der Waals surface area contributed by atoms with Gasteiger partial charge in [0.05, 0.1) is 40.3 Å². The summed E-state index contributed by atoms with van der Waals surface area (Å²) in [6.07, 6.45) is 41.1. The van der Waals surface area contributed by atoms with E-state index >= 15 is 0 Å². The van der Waals surface area contributed by atoms with Crippen LogP contribution < -0.4 is 5.11 Å². The number of carboxylic acids is 1. The molecule has 0 rings (SSSR count). The van der Waals surface area contributed by atoms with Crippen LogP contribution in [0.3, 0.4) is 0 Å². The van der Waals surface area contributed by atoms with E-state index in [2.05, 4.69) is 19.1 Å². The van der Waals surface area contributed by atoms with Gasteiger partial charge in [0.25, 0.3) is 0 Å². The van der Waals surface area contributed by atoms with Crippen LogP contribution in [-0.4, -0.2) is 81.4 Å². The zero-order chi connectivity index (χ0) is 38.4. The van der Waals surface area contributed by atoms with Crippen LogP contribution in [0.25, 0.3) is 0 Å². The summed E-state index contributed by atoms with van der Waals surface area (Å²) < 4.78 is 16.0. The van der Waals surface area contributed by atoms with E-state index in [1.165, 1.54) is 167 Å². The number of rotatable bonds is 41. The van der Waals surface area contributed by atoms with Crippen molar-refractivity contribution in [1.29, 1.82) is 0 Å². The molecule has 0 aromatic carbocycles. The van der Waals surface area contributed by atoms with Crippen LogP contribution in [0.15, 0.2) is 12.2 Å². The molecule has 0 spiro atoms. The molecule has 0 fully saturated rings. The van der Waals surface area contributed by atoms with Crippen LogP contribution in [-0.2, 0) is 23.8 Å². The Balaban J connectivity index is 3.38. The monoisotopic (exact) mass is 740 g/mol. The Bertz CT molecular complexity index is 813. The lowest BCUT2D eigenvalue weighted by Crippen LogP contribution is -2.44. The highest BCUT2D eigenvalue weighted by molar-refractivity contribution is 5.69. The lowest BCUT2D eigenvalue weighted by molar-refractivity contribution is -0.870. The molecule has 0 aliphatic carbocycles. The molecular weight excluding hydrogens is 654 g/mol. The number of esters is 1. The Morgan fingerprint density at radius 3 is 1.35 bits per heavy atom. The predicted molar refractivity (Wildman–Crippen MR) is 214 cm³/mol. The van der Waals surface area contributed by atoms with Gasteiger partial charge in [0.15, 0.2) is 6.29 Å². The molecule has 0 saturated carbocycles. The number of hydrogen-bond acceptors (Lipinski definition) is 7. The second kappa shape index (κ2) is 37.8. The number of carbonyl (C=O) groups excluding carboxylic acids is 2. The van der Waals surface area contributed by atoms with Crippen molar-refractivity contribution in [1.82, 2.24) is 0 Å². The van der Waals surface area contributed by atoms with Crippen molar-refractivity contribution in [3.63, 3.8) is 0 Å². The van der Waals surface area contributed by atoms with Gasteiger partial charge in [0, 0.05) is 6.42 Å². The number of hydrogen-bond donors (Lipinski definition) is 1. The summed E-state index contributed by atoms with van der Waals surface area (Å²) >= 11 is 0. The van der Waals surface area contributed by atoms with E-state index in [0.29, 0.717) is 17.4 Å². The summed E-state index contributed by atoms with van der Waals surface area (Å²) in [7, 11) is 5.88. The molecule has 0 heterocycles. The summed E-state index contributed by atoms with van der Waals surface area (Å²) in [5.41, 5.74) is 0. The van der Waals surface area contributed by atoms with Crippen molar-refractivity contribution < 1.29 is 38.5 Å². The van der Waals surface area contributed by atoms with Crippen molar-refractivity contribution in [2.45, 2.75) is 212 Å². The van der Waals surface area contributed by atoms with Gasteiger partial charge in [0.2, 0.25) is 0 Å². The minimum Gasteiger partial charge on any atom is -0.545 e. The van der Waals surface area contributed by atoms with Crippen LogP contribution >= 0.6 is 0 Å². The van der Waals surface area contributed by atoms with Gasteiger partial charge >= 0.3 is 5.97 Å². The molecule has 52 heavy (non-hydrogen) atoms. The summed E-state index contributed by atoms with van der Waals surface area (Å²) in [5.74, 6) is -1.86. The highest BCUT2D eigenvalue weighted by Crippen LogP contribution is 2.16. The number of quaternary nitrogens is 1. The Morgan fingerprint density at radius 2 is 0.962 bits per heavy atom. The minimum atomic E-state index is -1.57. The van der Waals surface area contributed by atoms with Crippen LogP contribution in [0.5, 0.6) is 0 Å². The molecule has 0 aliphatic rings. The maximum Gasteiger partial charge on any atom is 0.305 e. The maximum atomic E-state index is 12.0. The zero-order valence-corrected chi connectivity index (χ0v) is 34.7. The average Bonchev–Trinajstić information content (AvgIpc) is 3.10. The normalized spacial score (nSPS) is 13.2. The first-order chi connectivity index (χ1) is 25.2. The van der Waals surface area contributed by atoms with E-state index in [1.807, 2.05) is 21.1 Å². The number of aliphatic hydroxyl groups excluding tert-OH is 1. The van der Waals surface area contributed by atoms with Crippen LogP contribution in [0.1, 0.15) is 200 Å². The molecule has 0 saturated heterocycles. The van der Waals surface area contributed by atoms with Gasteiger partial charge in [-0.25, -0.2) is 0 Å². The molecule has 0 bridgehead atoms. The number of nitrogens with zero attached hydrogens (tertiary/aromatic N) is 1. The summed E-state index contributed by atoms with van der Waals surface area (Å²) in [5, 5.41) is 21.2. The first-order valence-corrected chi connectivity index (χ1v) is 21.9. The fourth-order valence-electron chi connectivity index (χ4n) is 6.29. The predicted octanol–water partition coefficient (Wildman–Crippen LogP) is 9.98. The number of aliphatic hydroxyl groups is 1. The first-order valence-electron chi connectivity index (χ1n) is 21.9. The third-order valence-corrected chi connectivity index (χ3v) is 9.74. The average molecular weight is 740 g/mol. The number of carbonyl (C=O) groups is 2. The SMILES string of the molecule is CCCCCCCCCC/C=C\CCCCCCCCCCCCCCCCCCCCCC(=O)OCC(O)COC(OCC[N+](C)(C)C)C(=O)[O-].